The van der Waals surface area contributed by atoms with Gasteiger partial charge in [-0.15, -0.1) is 0 Å². The van der Waals surface area contributed by atoms with Gasteiger partial charge in [-0.3, -0.25) is 14.9 Å². The maximum Gasteiger partial charge on any atom is 0.282 e. The van der Waals surface area contributed by atoms with E-state index >= 15 is 0 Å². The number of nitro groups is 1. The Labute approximate surface area is 135 Å². The van der Waals surface area contributed by atoms with E-state index in [0.717, 1.165) is 0 Å². The fourth-order valence-electron chi connectivity index (χ4n) is 1.65. The quantitative estimate of drug-likeness (QED) is 0.524. The first-order valence-electron chi connectivity index (χ1n) is 6.01. The second-order valence-corrected chi connectivity index (χ2v) is 4.98. The summed E-state index contributed by atoms with van der Waals surface area (Å²) in [6, 6.07) is 10.4. The van der Waals surface area contributed by atoms with E-state index in [2.05, 4.69) is 10.5 Å². The van der Waals surface area contributed by atoms with Crippen molar-refractivity contribution in [1.29, 1.82) is 0 Å². The molecule has 1 N–H and O–H groups in total. The van der Waals surface area contributed by atoms with Crippen molar-refractivity contribution in [2.45, 2.75) is 0 Å². The predicted octanol–water partition coefficient (Wildman–Crippen LogP) is 3.67. The molecule has 1 amide bonds. The summed E-state index contributed by atoms with van der Waals surface area (Å²) in [4.78, 5) is 22.1. The number of rotatable bonds is 4. The van der Waals surface area contributed by atoms with Gasteiger partial charge in [0.1, 0.15) is 5.56 Å². The number of carbonyl (C=O) groups excluding carboxylic acids is 1. The smallest absolute Gasteiger partial charge is 0.267 e. The number of hydrogen-bond acceptors (Lipinski definition) is 4. The Balaban J connectivity index is 2.13. The molecule has 0 bridgehead atoms. The highest BCUT2D eigenvalue weighted by molar-refractivity contribution is 6.36. The molecule has 2 aromatic carbocycles. The summed E-state index contributed by atoms with van der Waals surface area (Å²) < 4.78 is 0. The monoisotopic (exact) mass is 337 g/mol. The molecule has 2 aromatic rings. The van der Waals surface area contributed by atoms with Crippen molar-refractivity contribution in [1.82, 2.24) is 5.43 Å². The average Bonchev–Trinajstić information content (AvgIpc) is 2.49. The number of carbonyl (C=O) groups is 1. The van der Waals surface area contributed by atoms with Crippen molar-refractivity contribution in [3.05, 3.63) is 73.8 Å². The standard InChI is InChI=1S/C14H9Cl2N3O3/c15-10-6-5-9(12(16)7-10)8-17-18-14(20)11-3-1-2-4-13(11)19(21)22/h1-8H,(H,18,20). The zero-order chi connectivity index (χ0) is 16.1. The van der Waals surface area contributed by atoms with Crippen molar-refractivity contribution in [3.63, 3.8) is 0 Å². The van der Waals surface area contributed by atoms with E-state index in [1.807, 2.05) is 0 Å². The fourth-order valence-corrected chi connectivity index (χ4v) is 2.11. The van der Waals surface area contributed by atoms with Gasteiger partial charge in [-0.1, -0.05) is 41.4 Å². The molecule has 0 saturated carbocycles. The van der Waals surface area contributed by atoms with Crippen LogP contribution in [0.4, 0.5) is 5.69 Å². The lowest BCUT2D eigenvalue weighted by molar-refractivity contribution is -0.385. The molecule has 2 rings (SSSR count). The number of nitrogens with zero attached hydrogens (tertiary/aromatic N) is 2. The minimum Gasteiger partial charge on any atom is -0.267 e. The minimum atomic E-state index is -0.686. The van der Waals surface area contributed by atoms with E-state index in [0.29, 0.717) is 15.6 Å². The molecule has 0 unspecified atom stereocenters. The van der Waals surface area contributed by atoms with E-state index in [4.69, 9.17) is 23.2 Å². The van der Waals surface area contributed by atoms with E-state index in [1.165, 1.54) is 36.5 Å². The van der Waals surface area contributed by atoms with Crippen LogP contribution in [0.3, 0.4) is 0 Å². The number of hydrogen-bond donors (Lipinski definition) is 1. The van der Waals surface area contributed by atoms with Crippen LogP contribution in [0.1, 0.15) is 15.9 Å². The van der Waals surface area contributed by atoms with Gasteiger partial charge in [0.05, 0.1) is 16.2 Å². The zero-order valence-electron chi connectivity index (χ0n) is 11.0. The number of amides is 1. The Morgan fingerprint density at radius 2 is 1.95 bits per heavy atom. The van der Waals surface area contributed by atoms with Crippen molar-refractivity contribution in [2.24, 2.45) is 5.10 Å². The van der Waals surface area contributed by atoms with Crippen LogP contribution in [-0.4, -0.2) is 17.0 Å². The second kappa shape index (κ2) is 7.02. The summed E-state index contributed by atoms with van der Waals surface area (Å²) in [6.07, 6.45) is 1.32. The number of halogens is 2. The number of benzene rings is 2. The molecule has 0 aromatic heterocycles. The molecular weight excluding hydrogens is 329 g/mol. The van der Waals surface area contributed by atoms with Crippen LogP contribution in [0.15, 0.2) is 47.6 Å². The molecule has 0 spiro atoms. The topological polar surface area (TPSA) is 84.6 Å². The van der Waals surface area contributed by atoms with Crippen molar-refractivity contribution >= 4 is 41.0 Å². The molecule has 0 aliphatic carbocycles. The second-order valence-electron chi connectivity index (χ2n) is 4.14. The van der Waals surface area contributed by atoms with Crippen LogP contribution in [-0.2, 0) is 0 Å². The number of para-hydroxylation sites is 1. The van der Waals surface area contributed by atoms with Crippen LogP contribution in [0.2, 0.25) is 10.0 Å². The van der Waals surface area contributed by atoms with E-state index in [9.17, 15) is 14.9 Å². The predicted molar refractivity (Wildman–Crippen MR) is 84.6 cm³/mol. The lowest BCUT2D eigenvalue weighted by atomic mass is 10.2. The van der Waals surface area contributed by atoms with Gasteiger partial charge in [-0.2, -0.15) is 5.10 Å². The molecule has 112 valence electrons. The van der Waals surface area contributed by atoms with Crippen molar-refractivity contribution < 1.29 is 9.72 Å². The minimum absolute atomic E-state index is 0.0770. The molecule has 0 saturated heterocycles. The molecule has 6 nitrogen and oxygen atoms in total. The first kappa shape index (κ1) is 15.9. The maximum absolute atomic E-state index is 11.9. The van der Waals surface area contributed by atoms with E-state index in [-0.39, 0.29) is 11.3 Å². The van der Waals surface area contributed by atoms with Gasteiger partial charge in [0.15, 0.2) is 0 Å². The largest absolute Gasteiger partial charge is 0.282 e. The van der Waals surface area contributed by atoms with Gasteiger partial charge in [0.25, 0.3) is 11.6 Å². The average molecular weight is 338 g/mol. The third-order valence-corrected chi connectivity index (χ3v) is 3.24. The zero-order valence-corrected chi connectivity index (χ0v) is 12.5. The first-order chi connectivity index (χ1) is 10.5. The van der Waals surface area contributed by atoms with Gasteiger partial charge in [0.2, 0.25) is 0 Å². The summed E-state index contributed by atoms with van der Waals surface area (Å²) in [6.45, 7) is 0. The van der Waals surface area contributed by atoms with Gasteiger partial charge >= 0.3 is 0 Å². The third kappa shape index (κ3) is 3.81. The molecule has 0 radical (unpaired) electrons. The Morgan fingerprint density at radius 1 is 1.23 bits per heavy atom. The highest BCUT2D eigenvalue weighted by Gasteiger charge is 2.18. The van der Waals surface area contributed by atoms with Crippen LogP contribution in [0.25, 0.3) is 0 Å². The summed E-state index contributed by atoms with van der Waals surface area (Å²) >= 11 is 11.7. The molecule has 0 atom stereocenters. The molecule has 0 heterocycles. The van der Waals surface area contributed by atoms with Gasteiger partial charge in [-0.25, -0.2) is 5.43 Å². The SMILES string of the molecule is O=C(NN=Cc1ccc(Cl)cc1Cl)c1ccccc1[N+](=O)[O-]. The van der Waals surface area contributed by atoms with Crippen LogP contribution >= 0.6 is 23.2 Å². The summed E-state index contributed by atoms with van der Waals surface area (Å²) in [5, 5.41) is 15.4. The summed E-state index contributed by atoms with van der Waals surface area (Å²) in [7, 11) is 0. The van der Waals surface area contributed by atoms with Crippen molar-refractivity contribution in [3.8, 4) is 0 Å². The van der Waals surface area contributed by atoms with E-state index in [1.54, 1.807) is 12.1 Å². The fraction of sp³-hybridized carbons (Fsp3) is 0. The Bertz CT molecular complexity index is 763. The molecular formula is C14H9Cl2N3O3. The number of nitrogens with one attached hydrogen (secondary N) is 1. The molecule has 0 aliphatic rings. The molecule has 0 aliphatic heterocycles. The van der Waals surface area contributed by atoms with Gasteiger partial charge in [-0.05, 0) is 18.2 Å². The van der Waals surface area contributed by atoms with Gasteiger partial charge in [0, 0.05) is 16.7 Å². The molecule has 0 fully saturated rings. The highest BCUT2D eigenvalue weighted by atomic mass is 35.5. The Hall–Kier alpha value is -2.44. The Kier molecular flexibility index (Phi) is 5.08. The Morgan fingerprint density at radius 3 is 2.64 bits per heavy atom. The normalized spacial score (nSPS) is 10.6. The first-order valence-corrected chi connectivity index (χ1v) is 6.76. The van der Waals surface area contributed by atoms with Crippen LogP contribution < -0.4 is 5.43 Å². The lowest BCUT2D eigenvalue weighted by Crippen LogP contribution is -2.18. The van der Waals surface area contributed by atoms with Gasteiger partial charge < -0.3 is 0 Å². The van der Waals surface area contributed by atoms with Crippen LogP contribution in [0, 0.1) is 10.1 Å². The molecule has 8 heteroatoms. The highest BCUT2D eigenvalue weighted by Crippen LogP contribution is 2.19. The third-order valence-electron chi connectivity index (χ3n) is 2.68. The lowest BCUT2D eigenvalue weighted by Gasteiger charge is -2.01. The number of hydrazone groups is 1. The summed E-state index contributed by atoms with van der Waals surface area (Å²) in [5.41, 5.74) is 2.40. The summed E-state index contributed by atoms with van der Waals surface area (Å²) in [5.74, 6) is -0.686. The number of nitro benzene ring substituents is 1. The maximum atomic E-state index is 11.9. The van der Waals surface area contributed by atoms with Crippen LogP contribution in [0.5, 0.6) is 0 Å². The van der Waals surface area contributed by atoms with E-state index < -0.39 is 10.8 Å². The van der Waals surface area contributed by atoms with Crippen molar-refractivity contribution in [2.75, 3.05) is 0 Å². The molecule has 22 heavy (non-hydrogen) atoms.